The number of imide groups is 1. The average molecular weight is 335 g/mol. The van der Waals surface area contributed by atoms with Crippen molar-refractivity contribution in [3.8, 4) is 0 Å². The van der Waals surface area contributed by atoms with Crippen LogP contribution < -0.4 is 11.4 Å². The van der Waals surface area contributed by atoms with Gasteiger partial charge in [-0.1, -0.05) is 6.92 Å². The molecule has 0 aliphatic heterocycles. The summed E-state index contributed by atoms with van der Waals surface area (Å²) in [6.07, 6.45) is 1.59. The fraction of sp³-hybridized carbons (Fsp3) is 0.357. The molecule has 0 aromatic carbocycles. The van der Waals surface area contributed by atoms with E-state index < -0.39 is 17.8 Å². The average Bonchev–Trinajstić information content (AvgIpc) is 2.97. The molecule has 0 saturated carbocycles. The van der Waals surface area contributed by atoms with Gasteiger partial charge in [-0.05, 0) is 20.3 Å². The maximum Gasteiger partial charge on any atom is 0.398 e. The molecule has 2 amide bonds. The Bertz CT molecular complexity index is 882. The Morgan fingerprint density at radius 2 is 2.04 bits per heavy atom. The summed E-state index contributed by atoms with van der Waals surface area (Å²) in [5, 5.41) is 3.99. The smallest absolute Gasteiger partial charge is 0.398 e. The van der Waals surface area contributed by atoms with E-state index in [9.17, 15) is 19.2 Å². The van der Waals surface area contributed by atoms with Gasteiger partial charge < -0.3 is 9.72 Å². The molecule has 0 atom stereocenters. The van der Waals surface area contributed by atoms with E-state index in [4.69, 9.17) is 5.84 Å². The summed E-state index contributed by atoms with van der Waals surface area (Å²) < 4.78 is 5.52. The molecule has 0 unspecified atom stereocenters. The van der Waals surface area contributed by atoms with Crippen molar-refractivity contribution in [2.45, 2.75) is 27.2 Å². The maximum absolute atomic E-state index is 12.3. The standard InChI is InChI=1S/C14H17N5O5/c1-4-8-7(3)17-10-9(6-16-19(10)12(8)21)11(20)18(15)13(22)14(23)24-5-2/h6,17H,4-5,15H2,1-3H3. The molecule has 2 aromatic rings. The van der Waals surface area contributed by atoms with Crippen LogP contribution in [0, 0.1) is 6.92 Å². The number of hydrogen-bond donors (Lipinski definition) is 2. The number of aromatic amines is 1. The summed E-state index contributed by atoms with van der Waals surface area (Å²) in [6, 6.07) is 0. The number of fused-ring (bicyclic) bond motifs is 1. The molecule has 10 heteroatoms. The number of H-pyrrole nitrogens is 1. The monoisotopic (exact) mass is 335 g/mol. The number of nitrogens with one attached hydrogen (secondary N) is 1. The summed E-state index contributed by atoms with van der Waals surface area (Å²) in [5.41, 5.74) is 0.703. The van der Waals surface area contributed by atoms with Crippen LogP contribution in [0.3, 0.4) is 0 Å². The van der Waals surface area contributed by atoms with Crippen LogP contribution in [0.5, 0.6) is 0 Å². The van der Waals surface area contributed by atoms with E-state index in [2.05, 4.69) is 14.8 Å². The molecule has 0 saturated heterocycles. The quantitative estimate of drug-likeness (QED) is 0.248. The first-order chi connectivity index (χ1) is 11.3. The first kappa shape index (κ1) is 17.3. The van der Waals surface area contributed by atoms with E-state index in [-0.39, 0.29) is 28.4 Å². The van der Waals surface area contributed by atoms with Crippen molar-refractivity contribution >= 4 is 23.4 Å². The van der Waals surface area contributed by atoms with Gasteiger partial charge in [-0.3, -0.25) is 14.4 Å². The highest BCUT2D eigenvalue weighted by molar-refractivity contribution is 6.36. The number of amides is 2. The van der Waals surface area contributed by atoms with Gasteiger partial charge in [0.1, 0.15) is 11.2 Å². The van der Waals surface area contributed by atoms with Crippen LogP contribution in [0.1, 0.15) is 35.5 Å². The second kappa shape index (κ2) is 6.62. The van der Waals surface area contributed by atoms with Crippen LogP contribution in [0.25, 0.3) is 5.65 Å². The normalized spacial score (nSPS) is 10.7. The number of rotatable bonds is 3. The van der Waals surface area contributed by atoms with Gasteiger partial charge in [-0.2, -0.15) is 9.61 Å². The van der Waals surface area contributed by atoms with Crippen molar-refractivity contribution in [2.24, 2.45) is 5.84 Å². The highest BCUT2D eigenvalue weighted by Crippen LogP contribution is 2.11. The zero-order chi connectivity index (χ0) is 18.0. The van der Waals surface area contributed by atoms with Crippen LogP contribution in [-0.2, 0) is 20.7 Å². The predicted molar refractivity (Wildman–Crippen MR) is 81.9 cm³/mol. The molecule has 2 aromatic heterocycles. The minimum absolute atomic E-state index is 0.0321. The lowest BCUT2D eigenvalue weighted by molar-refractivity contribution is -0.158. The number of nitrogens with zero attached hydrogens (tertiary/aromatic N) is 3. The Kier molecular flexibility index (Phi) is 4.79. The van der Waals surface area contributed by atoms with Crippen LogP contribution >= 0.6 is 0 Å². The van der Waals surface area contributed by atoms with Gasteiger partial charge in [0.25, 0.3) is 11.5 Å². The molecular formula is C14H17N5O5. The second-order valence-electron chi connectivity index (χ2n) is 4.91. The zero-order valence-electron chi connectivity index (χ0n) is 13.5. The van der Waals surface area contributed by atoms with Crippen LogP contribution in [0.4, 0.5) is 0 Å². The summed E-state index contributed by atoms with van der Waals surface area (Å²) in [7, 11) is 0. The lowest BCUT2D eigenvalue weighted by Crippen LogP contribution is -2.46. The third-order valence-electron chi connectivity index (χ3n) is 3.45. The predicted octanol–water partition coefficient (Wildman–Crippen LogP) is -0.701. The number of esters is 1. The zero-order valence-corrected chi connectivity index (χ0v) is 13.5. The van der Waals surface area contributed by atoms with Gasteiger partial charge in [-0.25, -0.2) is 15.6 Å². The van der Waals surface area contributed by atoms with Crippen LogP contribution in [-0.4, -0.2) is 44.0 Å². The lowest BCUT2D eigenvalue weighted by atomic mass is 10.2. The highest BCUT2D eigenvalue weighted by atomic mass is 16.5. The molecule has 10 nitrogen and oxygen atoms in total. The molecule has 24 heavy (non-hydrogen) atoms. The largest absolute Gasteiger partial charge is 0.459 e. The van der Waals surface area contributed by atoms with Gasteiger partial charge in [0.15, 0.2) is 0 Å². The fourth-order valence-corrected chi connectivity index (χ4v) is 2.25. The fourth-order valence-electron chi connectivity index (χ4n) is 2.25. The van der Waals surface area contributed by atoms with Gasteiger partial charge in [0.2, 0.25) is 0 Å². The summed E-state index contributed by atoms with van der Waals surface area (Å²) in [4.78, 5) is 50.7. The van der Waals surface area contributed by atoms with Crippen LogP contribution in [0.2, 0.25) is 0 Å². The first-order valence-electron chi connectivity index (χ1n) is 7.23. The Balaban J connectivity index is 2.46. The molecule has 0 aliphatic rings. The summed E-state index contributed by atoms with van der Waals surface area (Å²) in [6.45, 7) is 4.98. The topological polar surface area (TPSA) is 140 Å². The van der Waals surface area contributed by atoms with Crippen molar-refractivity contribution < 1.29 is 19.1 Å². The van der Waals surface area contributed by atoms with Crippen molar-refractivity contribution in [1.82, 2.24) is 19.6 Å². The van der Waals surface area contributed by atoms with Crippen molar-refractivity contribution in [3.63, 3.8) is 0 Å². The van der Waals surface area contributed by atoms with E-state index in [1.54, 1.807) is 6.92 Å². The Hall–Kier alpha value is -3.01. The van der Waals surface area contributed by atoms with Crippen molar-refractivity contribution in [1.29, 1.82) is 0 Å². The summed E-state index contributed by atoms with van der Waals surface area (Å²) >= 11 is 0. The molecule has 0 radical (unpaired) electrons. The number of aryl methyl sites for hydroxylation is 1. The van der Waals surface area contributed by atoms with E-state index in [0.29, 0.717) is 17.7 Å². The Labute approximate surface area is 136 Å². The number of ether oxygens (including phenoxy) is 1. The van der Waals surface area contributed by atoms with Crippen LogP contribution in [0.15, 0.2) is 11.0 Å². The molecule has 0 spiro atoms. The number of hydrazine groups is 1. The van der Waals surface area contributed by atoms with Crippen molar-refractivity contribution in [3.05, 3.63) is 33.4 Å². The molecule has 3 N–H and O–H groups in total. The lowest BCUT2D eigenvalue weighted by Gasteiger charge is -2.13. The first-order valence-corrected chi connectivity index (χ1v) is 7.23. The van der Waals surface area contributed by atoms with E-state index in [1.807, 2.05) is 6.92 Å². The van der Waals surface area contributed by atoms with Gasteiger partial charge in [-0.15, -0.1) is 0 Å². The number of nitrogens with two attached hydrogens (primary N) is 1. The van der Waals surface area contributed by atoms with Gasteiger partial charge in [0, 0.05) is 11.3 Å². The summed E-state index contributed by atoms with van der Waals surface area (Å²) in [5.74, 6) is 1.86. The van der Waals surface area contributed by atoms with E-state index in [0.717, 1.165) is 10.7 Å². The molecule has 128 valence electrons. The van der Waals surface area contributed by atoms with E-state index >= 15 is 0 Å². The molecule has 0 bridgehead atoms. The minimum atomic E-state index is -1.31. The molecule has 2 rings (SSSR count). The number of carbonyl (C=O) groups is 3. The maximum atomic E-state index is 12.3. The Morgan fingerprint density at radius 3 is 2.62 bits per heavy atom. The van der Waals surface area contributed by atoms with Gasteiger partial charge in [0.05, 0.1) is 12.8 Å². The molecule has 0 fully saturated rings. The highest BCUT2D eigenvalue weighted by Gasteiger charge is 2.29. The second-order valence-corrected chi connectivity index (χ2v) is 4.91. The molecule has 2 heterocycles. The third-order valence-corrected chi connectivity index (χ3v) is 3.45. The minimum Gasteiger partial charge on any atom is -0.459 e. The third kappa shape index (κ3) is 2.78. The number of carbonyl (C=O) groups excluding carboxylic acids is 3. The van der Waals surface area contributed by atoms with Gasteiger partial charge >= 0.3 is 11.9 Å². The Morgan fingerprint density at radius 1 is 1.38 bits per heavy atom. The molecule has 0 aliphatic carbocycles. The van der Waals surface area contributed by atoms with Crippen molar-refractivity contribution in [2.75, 3.05) is 6.61 Å². The van der Waals surface area contributed by atoms with E-state index in [1.165, 1.54) is 6.92 Å². The molecular weight excluding hydrogens is 318 g/mol. The SMILES string of the molecule is CCOC(=O)C(=O)N(N)C(=O)c1cnn2c(=O)c(CC)c(C)[nH]c12. The number of hydrogen-bond acceptors (Lipinski definition) is 7. The number of aromatic nitrogens is 3.